The Kier molecular flexibility index (Phi) is 2.82. The van der Waals surface area contributed by atoms with Crippen molar-refractivity contribution in [2.45, 2.75) is 0 Å². The number of nitrogens with zero attached hydrogens (tertiary/aromatic N) is 2. The molecule has 0 aliphatic rings. The average molecular weight is 266 g/mol. The van der Waals surface area contributed by atoms with Gasteiger partial charge in [0.25, 0.3) is 0 Å². The van der Waals surface area contributed by atoms with Crippen LogP contribution in [0.1, 0.15) is 0 Å². The predicted molar refractivity (Wildman–Crippen MR) is 60.7 cm³/mol. The molecule has 1 aromatic carbocycles. The number of anilines is 1. The zero-order chi connectivity index (χ0) is 10.7. The van der Waals surface area contributed by atoms with E-state index in [9.17, 15) is 0 Å². The first-order valence-corrected chi connectivity index (χ1v) is 5.04. The van der Waals surface area contributed by atoms with E-state index in [1.54, 1.807) is 0 Å². The molecule has 0 radical (unpaired) electrons. The van der Waals surface area contributed by atoms with Crippen LogP contribution in [0.15, 0.2) is 41.3 Å². The maximum atomic E-state index is 5.64. The SMILES string of the molecule is Nc1cncnc1Oc1cccc(Br)c1. The molecule has 2 N–H and O–H groups in total. The van der Waals surface area contributed by atoms with Crippen LogP contribution >= 0.6 is 15.9 Å². The number of ether oxygens (including phenoxy) is 1. The second-order valence-electron chi connectivity index (χ2n) is 2.84. The molecule has 1 heterocycles. The molecule has 2 rings (SSSR count). The van der Waals surface area contributed by atoms with Crippen molar-refractivity contribution in [2.75, 3.05) is 5.73 Å². The number of halogens is 1. The van der Waals surface area contributed by atoms with Gasteiger partial charge in [-0.05, 0) is 18.2 Å². The topological polar surface area (TPSA) is 61.0 Å². The first-order valence-electron chi connectivity index (χ1n) is 4.24. The summed E-state index contributed by atoms with van der Waals surface area (Å²) in [5.74, 6) is 1.04. The monoisotopic (exact) mass is 265 g/mol. The van der Waals surface area contributed by atoms with Gasteiger partial charge >= 0.3 is 0 Å². The fourth-order valence-corrected chi connectivity index (χ4v) is 1.43. The van der Waals surface area contributed by atoms with Gasteiger partial charge < -0.3 is 10.5 Å². The van der Waals surface area contributed by atoms with Crippen LogP contribution in [0.25, 0.3) is 0 Å². The van der Waals surface area contributed by atoms with Crippen molar-refractivity contribution in [1.82, 2.24) is 9.97 Å². The first kappa shape index (κ1) is 9.92. The molecule has 0 aliphatic heterocycles. The highest BCUT2D eigenvalue weighted by Crippen LogP contribution is 2.25. The number of hydrogen-bond donors (Lipinski definition) is 1. The Labute approximate surface area is 95.2 Å². The van der Waals surface area contributed by atoms with Crippen molar-refractivity contribution < 1.29 is 4.74 Å². The lowest BCUT2D eigenvalue weighted by atomic mass is 10.3. The zero-order valence-electron chi connectivity index (χ0n) is 7.72. The molecule has 4 nitrogen and oxygen atoms in total. The van der Waals surface area contributed by atoms with E-state index in [2.05, 4.69) is 25.9 Å². The number of rotatable bonds is 2. The summed E-state index contributed by atoms with van der Waals surface area (Å²) in [5, 5.41) is 0. The minimum absolute atomic E-state index is 0.364. The summed E-state index contributed by atoms with van der Waals surface area (Å²) in [6.07, 6.45) is 2.89. The molecule has 5 heteroatoms. The van der Waals surface area contributed by atoms with Gasteiger partial charge in [-0.3, -0.25) is 0 Å². The Morgan fingerprint density at radius 2 is 2.20 bits per heavy atom. The maximum absolute atomic E-state index is 5.64. The van der Waals surface area contributed by atoms with Gasteiger partial charge in [0.2, 0.25) is 5.88 Å². The third-order valence-corrected chi connectivity index (χ3v) is 2.21. The van der Waals surface area contributed by atoms with E-state index in [-0.39, 0.29) is 0 Å². The summed E-state index contributed by atoms with van der Waals surface area (Å²) >= 11 is 3.35. The molecule has 0 saturated heterocycles. The largest absolute Gasteiger partial charge is 0.437 e. The third kappa shape index (κ3) is 2.44. The predicted octanol–water partition coefficient (Wildman–Crippen LogP) is 2.61. The van der Waals surface area contributed by atoms with Crippen LogP contribution in [0.5, 0.6) is 11.6 Å². The van der Waals surface area contributed by atoms with Crippen LogP contribution < -0.4 is 10.5 Å². The van der Waals surface area contributed by atoms with Crippen molar-refractivity contribution in [3.05, 3.63) is 41.3 Å². The Morgan fingerprint density at radius 1 is 1.33 bits per heavy atom. The number of aromatic nitrogens is 2. The minimum Gasteiger partial charge on any atom is -0.437 e. The molecule has 0 aliphatic carbocycles. The summed E-state index contributed by atoms with van der Waals surface area (Å²) in [6, 6.07) is 7.45. The van der Waals surface area contributed by atoms with Crippen molar-refractivity contribution in [1.29, 1.82) is 0 Å². The molecule has 0 unspecified atom stereocenters. The van der Waals surface area contributed by atoms with Gasteiger partial charge in [-0.2, -0.15) is 4.98 Å². The highest BCUT2D eigenvalue weighted by Gasteiger charge is 2.02. The Morgan fingerprint density at radius 3 is 2.93 bits per heavy atom. The average Bonchev–Trinajstić information content (AvgIpc) is 2.22. The molecular weight excluding hydrogens is 258 g/mol. The standard InChI is InChI=1S/C10H8BrN3O/c11-7-2-1-3-8(4-7)15-10-9(12)5-13-6-14-10/h1-6H,12H2. The number of nitrogens with two attached hydrogens (primary N) is 1. The molecule has 1 aromatic heterocycles. The van der Waals surface area contributed by atoms with Crippen LogP contribution in [0.4, 0.5) is 5.69 Å². The van der Waals surface area contributed by atoms with Crippen molar-refractivity contribution >= 4 is 21.6 Å². The van der Waals surface area contributed by atoms with E-state index < -0.39 is 0 Å². The third-order valence-electron chi connectivity index (χ3n) is 1.71. The second-order valence-corrected chi connectivity index (χ2v) is 3.76. The normalized spacial score (nSPS) is 9.93. The van der Waals surface area contributed by atoms with Crippen LogP contribution in [0, 0.1) is 0 Å². The molecule has 0 spiro atoms. The molecule has 0 amide bonds. The summed E-state index contributed by atoms with van der Waals surface area (Å²) < 4.78 is 6.42. The highest BCUT2D eigenvalue weighted by atomic mass is 79.9. The molecule has 2 aromatic rings. The van der Waals surface area contributed by atoms with E-state index >= 15 is 0 Å². The Balaban J connectivity index is 2.26. The lowest BCUT2D eigenvalue weighted by Crippen LogP contribution is -1.95. The van der Waals surface area contributed by atoms with E-state index in [0.29, 0.717) is 17.3 Å². The van der Waals surface area contributed by atoms with Gasteiger partial charge in [0, 0.05) is 4.47 Å². The smallest absolute Gasteiger partial charge is 0.245 e. The number of benzene rings is 1. The second kappa shape index (κ2) is 4.27. The van der Waals surface area contributed by atoms with Crippen molar-refractivity contribution in [3.8, 4) is 11.6 Å². The van der Waals surface area contributed by atoms with E-state index in [1.165, 1.54) is 12.5 Å². The fraction of sp³-hybridized carbons (Fsp3) is 0. The Bertz CT molecular complexity index is 476. The van der Waals surface area contributed by atoms with Gasteiger partial charge in [-0.25, -0.2) is 4.98 Å². The molecule has 76 valence electrons. The van der Waals surface area contributed by atoms with E-state index in [1.807, 2.05) is 24.3 Å². The van der Waals surface area contributed by atoms with Gasteiger partial charge in [-0.1, -0.05) is 22.0 Å². The number of nitrogen functional groups attached to an aromatic ring is 1. The summed E-state index contributed by atoms with van der Waals surface area (Å²) in [5.41, 5.74) is 6.06. The molecule has 15 heavy (non-hydrogen) atoms. The molecule has 0 bridgehead atoms. The van der Waals surface area contributed by atoms with E-state index in [4.69, 9.17) is 10.5 Å². The Hall–Kier alpha value is -1.62. The van der Waals surface area contributed by atoms with Crippen LogP contribution in [-0.4, -0.2) is 9.97 Å². The van der Waals surface area contributed by atoms with Gasteiger partial charge in [0.05, 0.1) is 6.20 Å². The fourth-order valence-electron chi connectivity index (χ4n) is 1.06. The lowest BCUT2D eigenvalue weighted by Gasteiger charge is -2.06. The molecule has 0 atom stereocenters. The minimum atomic E-state index is 0.364. The first-order chi connectivity index (χ1) is 7.25. The van der Waals surface area contributed by atoms with Gasteiger partial charge in [0.15, 0.2) is 0 Å². The number of hydrogen-bond acceptors (Lipinski definition) is 4. The quantitative estimate of drug-likeness (QED) is 0.907. The maximum Gasteiger partial charge on any atom is 0.245 e. The molecular formula is C10H8BrN3O. The van der Waals surface area contributed by atoms with E-state index in [0.717, 1.165) is 4.47 Å². The van der Waals surface area contributed by atoms with Crippen LogP contribution in [-0.2, 0) is 0 Å². The zero-order valence-corrected chi connectivity index (χ0v) is 9.31. The van der Waals surface area contributed by atoms with Gasteiger partial charge in [0.1, 0.15) is 17.8 Å². The molecule has 0 saturated carbocycles. The van der Waals surface area contributed by atoms with Crippen molar-refractivity contribution in [2.24, 2.45) is 0 Å². The van der Waals surface area contributed by atoms with Crippen molar-refractivity contribution in [3.63, 3.8) is 0 Å². The highest BCUT2D eigenvalue weighted by molar-refractivity contribution is 9.10. The summed E-state index contributed by atoms with van der Waals surface area (Å²) in [7, 11) is 0. The summed E-state index contributed by atoms with van der Waals surface area (Å²) in [4.78, 5) is 7.71. The molecule has 0 fully saturated rings. The van der Waals surface area contributed by atoms with Crippen LogP contribution in [0.2, 0.25) is 0 Å². The van der Waals surface area contributed by atoms with Crippen LogP contribution in [0.3, 0.4) is 0 Å². The summed E-state index contributed by atoms with van der Waals surface area (Å²) in [6.45, 7) is 0. The van der Waals surface area contributed by atoms with Gasteiger partial charge in [-0.15, -0.1) is 0 Å². The lowest BCUT2D eigenvalue weighted by molar-refractivity contribution is 0.464.